The number of hydrogen-bond acceptors (Lipinski definition) is 5. The zero-order valence-electron chi connectivity index (χ0n) is 14.6. The van der Waals surface area contributed by atoms with Gasteiger partial charge in [0.1, 0.15) is 4.88 Å². The first-order valence-corrected chi connectivity index (χ1v) is 9.81. The Labute approximate surface area is 152 Å². The molecule has 4 rings (SSSR count). The summed E-state index contributed by atoms with van der Waals surface area (Å²) >= 11 is 1.52. The van der Waals surface area contributed by atoms with Crippen LogP contribution in [-0.4, -0.2) is 66.0 Å². The fourth-order valence-corrected chi connectivity index (χ4v) is 4.69. The molecule has 1 aromatic heterocycles. The summed E-state index contributed by atoms with van der Waals surface area (Å²) in [6, 6.07) is 10.5. The van der Waals surface area contributed by atoms with Crippen LogP contribution in [0.15, 0.2) is 30.3 Å². The van der Waals surface area contributed by atoms with E-state index in [2.05, 4.69) is 15.2 Å². The normalized spacial score (nSPS) is 21.6. The van der Waals surface area contributed by atoms with Crippen molar-refractivity contribution in [3.8, 4) is 11.3 Å². The minimum absolute atomic E-state index is 0.141. The van der Waals surface area contributed by atoms with Gasteiger partial charge in [-0.25, -0.2) is 4.98 Å². The molecular weight excluding hydrogens is 332 g/mol. The second-order valence-electron chi connectivity index (χ2n) is 6.76. The van der Waals surface area contributed by atoms with Gasteiger partial charge in [-0.2, -0.15) is 0 Å². The summed E-state index contributed by atoms with van der Waals surface area (Å²) < 4.78 is 0. The largest absolute Gasteiger partial charge is 0.336 e. The molecule has 2 aliphatic rings. The third-order valence-corrected chi connectivity index (χ3v) is 6.05. The second-order valence-corrected chi connectivity index (χ2v) is 7.96. The Morgan fingerprint density at radius 3 is 2.72 bits per heavy atom. The van der Waals surface area contributed by atoms with Crippen LogP contribution in [0.3, 0.4) is 0 Å². The highest BCUT2D eigenvalue weighted by Gasteiger charge is 2.33. The van der Waals surface area contributed by atoms with Gasteiger partial charge in [0.05, 0.1) is 10.7 Å². The molecule has 1 unspecified atom stereocenters. The summed E-state index contributed by atoms with van der Waals surface area (Å²) in [6.45, 7) is 7.93. The molecule has 2 saturated heterocycles. The van der Waals surface area contributed by atoms with Crippen molar-refractivity contribution in [2.24, 2.45) is 0 Å². The van der Waals surface area contributed by atoms with Crippen molar-refractivity contribution in [3.63, 3.8) is 0 Å². The average molecular weight is 356 g/mol. The van der Waals surface area contributed by atoms with Crippen molar-refractivity contribution in [1.29, 1.82) is 0 Å². The van der Waals surface area contributed by atoms with Gasteiger partial charge in [-0.1, -0.05) is 30.3 Å². The summed E-state index contributed by atoms with van der Waals surface area (Å²) in [5, 5.41) is 4.34. The van der Waals surface area contributed by atoms with Crippen LogP contribution >= 0.6 is 11.3 Å². The molecule has 2 fully saturated rings. The van der Waals surface area contributed by atoms with Gasteiger partial charge in [0.2, 0.25) is 0 Å². The van der Waals surface area contributed by atoms with Crippen molar-refractivity contribution in [2.45, 2.75) is 19.4 Å². The Hall–Kier alpha value is -1.76. The van der Waals surface area contributed by atoms with Crippen molar-refractivity contribution in [1.82, 2.24) is 20.1 Å². The Kier molecular flexibility index (Phi) is 4.83. The van der Waals surface area contributed by atoms with E-state index in [1.165, 1.54) is 11.3 Å². The van der Waals surface area contributed by atoms with Crippen LogP contribution in [0.4, 0.5) is 0 Å². The summed E-state index contributed by atoms with van der Waals surface area (Å²) in [7, 11) is 0. The topological polar surface area (TPSA) is 48.5 Å². The number of benzene rings is 1. The third kappa shape index (κ3) is 3.47. The number of amides is 1. The molecule has 6 heteroatoms. The molecule has 1 aromatic carbocycles. The van der Waals surface area contributed by atoms with Crippen LogP contribution in [0.2, 0.25) is 0 Å². The number of rotatable bonds is 3. The van der Waals surface area contributed by atoms with Crippen LogP contribution in [0, 0.1) is 6.92 Å². The fourth-order valence-electron chi connectivity index (χ4n) is 3.78. The van der Waals surface area contributed by atoms with Crippen molar-refractivity contribution in [2.75, 3.05) is 39.3 Å². The first kappa shape index (κ1) is 16.7. The lowest BCUT2D eigenvalue weighted by molar-refractivity contribution is 0.0778. The van der Waals surface area contributed by atoms with Gasteiger partial charge in [-0.15, -0.1) is 11.3 Å². The van der Waals surface area contributed by atoms with Crippen molar-refractivity contribution in [3.05, 3.63) is 40.2 Å². The van der Waals surface area contributed by atoms with E-state index >= 15 is 0 Å². The second kappa shape index (κ2) is 7.23. The maximum atomic E-state index is 13.1. The van der Waals surface area contributed by atoms with Gasteiger partial charge in [-0.3, -0.25) is 9.69 Å². The molecule has 1 atom stereocenters. The predicted molar refractivity (Wildman–Crippen MR) is 101 cm³/mol. The van der Waals surface area contributed by atoms with Gasteiger partial charge in [-0.05, 0) is 13.3 Å². The highest BCUT2D eigenvalue weighted by molar-refractivity contribution is 7.14. The molecule has 0 radical (unpaired) electrons. The molecule has 132 valence electrons. The zero-order valence-corrected chi connectivity index (χ0v) is 15.4. The summed E-state index contributed by atoms with van der Waals surface area (Å²) in [5.74, 6) is 0.141. The SMILES string of the molecule is Cc1nc(-c2ccccc2)c(C(=O)N2CCC(N3CCNCC3)C2)s1. The molecular formula is C19H24N4OS. The monoisotopic (exact) mass is 356 g/mol. The number of carbonyl (C=O) groups is 1. The van der Waals surface area contributed by atoms with Gasteiger partial charge in [0.15, 0.2) is 0 Å². The molecule has 25 heavy (non-hydrogen) atoms. The van der Waals surface area contributed by atoms with E-state index in [0.29, 0.717) is 6.04 Å². The summed E-state index contributed by atoms with van der Waals surface area (Å²) in [5.41, 5.74) is 1.85. The number of carbonyl (C=O) groups excluding carboxylic acids is 1. The van der Waals surface area contributed by atoms with Crippen molar-refractivity contribution < 1.29 is 4.79 Å². The summed E-state index contributed by atoms with van der Waals surface area (Å²) in [4.78, 5) is 23.1. The van der Waals surface area contributed by atoms with Crippen LogP contribution in [-0.2, 0) is 0 Å². The Morgan fingerprint density at radius 2 is 1.96 bits per heavy atom. The molecule has 2 aliphatic heterocycles. The maximum absolute atomic E-state index is 13.1. The van der Waals surface area contributed by atoms with E-state index in [4.69, 9.17) is 0 Å². The van der Waals surface area contributed by atoms with E-state index in [1.807, 2.05) is 42.2 Å². The number of aryl methyl sites for hydroxylation is 1. The lowest BCUT2D eigenvalue weighted by atomic mass is 10.1. The lowest BCUT2D eigenvalue weighted by Crippen LogP contribution is -2.49. The molecule has 0 aliphatic carbocycles. The molecule has 3 heterocycles. The molecule has 2 aromatic rings. The number of thiazole rings is 1. The summed E-state index contributed by atoms with van der Waals surface area (Å²) in [6.07, 6.45) is 1.07. The van der Waals surface area contributed by atoms with E-state index in [-0.39, 0.29) is 5.91 Å². The van der Waals surface area contributed by atoms with Gasteiger partial charge < -0.3 is 10.2 Å². The standard InChI is InChI=1S/C19H24N4OS/c1-14-21-17(15-5-3-2-4-6-15)18(25-14)19(24)23-10-7-16(13-23)22-11-8-20-9-12-22/h2-6,16,20H,7-13H2,1H3. The molecule has 1 amide bonds. The Morgan fingerprint density at radius 1 is 1.20 bits per heavy atom. The number of aromatic nitrogens is 1. The lowest BCUT2D eigenvalue weighted by Gasteiger charge is -2.32. The quantitative estimate of drug-likeness (QED) is 0.916. The Bertz CT molecular complexity index is 739. The minimum atomic E-state index is 0.141. The molecule has 5 nitrogen and oxygen atoms in total. The fraction of sp³-hybridized carbons (Fsp3) is 0.474. The zero-order chi connectivity index (χ0) is 17.2. The molecule has 0 spiro atoms. The van der Waals surface area contributed by atoms with Gasteiger partial charge in [0, 0.05) is 50.9 Å². The minimum Gasteiger partial charge on any atom is -0.336 e. The third-order valence-electron chi connectivity index (χ3n) is 5.09. The smallest absolute Gasteiger partial charge is 0.266 e. The number of likely N-dealkylation sites (tertiary alicyclic amines) is 1. The predicted octanol–water partition coefficient (Wildman–Crippen LogP) is 2.24. The van der Waals surface area contributed by atoms with Crippen LogP contribution < -0.4 is 5.32 Å². The van der Waals surface area contributed by atoms with Gasteiger partial charge in [0.25, 0.3) is 5.91 Å². The Balaban J connectivity index is 1.52. The average Bonchev–Trinajstić information content (AvgIpc) is 3.30. The van der Waals surface area contributed by atoms with Crippen LogP contribution in [0.1, 0.15) is 21.1 Å². The van der Waals surface area contributed by atoms with Crippen molar-refractivity contribution >= 4 is 17.2 Å². The molecule has 0 bridgehead atoms. The van der Waals surface area contributed by atoms with E-state index in [0.717, 1.165) is 66.8 Å². The first-order valence-electron chi connectivity index (χ1n) is 8.99. The molecule has 0 saturated carbocycles. The number of hydrogen-bond donors (Lipinski definition) is 1. The maximum Gasteiger partial charge on any atom is 0.266 e. The van der Waals surface area contributed by atoms with E-state index < -0.39 is 0 Å². The van der Waals surface area contributed by atoms with E-state index in [1.54, 1.807) is 0 Å². The number of nitrogens with zero attached hydrogens (tertiary/aromatic N) is 3. The van der Waals surface area contributed by atoms with Crippen LogP contribution in [0.25, 0.3) is 11.3 Å². The number of nitrogens with one attached hydrogen (secondary N) is 1. The van der Waals surface area contributed by atoms with Gasteiger partial charge >= 0.3 is 0 Å². The first-order chi connectivity index (χ1) is 12.2. The highest BCUT2D eigenvalue weighted by Crippen LogP contribution is 2.30. The van der Waals surface area contributed by atoms with Crippen LogP contribution in [0.5, 0.6) is 0 Å². The highest BCUT2D eigenvalue weighted by atomic mass is 32.1. The molecule has 1 N–H and O–H groups in total. The number of piperazine rings is 1. The van der Waals surface area contributed by atoms with E-state index in [9.17, 15) is 4.79 Å².